The summed E-state index contributed by atoms with van der Waals surface area (Å²) in [6.07, 6.45) is 1.21. The minimum absolute atomic E-state index is 0.103. The van der Waals surface area contributed by atoms with E-state index in [2.05, 4.69) is 32.0 Å². The van der Waals surface area contributed by atoms with Gasteiger partial charge in [0.2, 0.25) is 0 Å². The maximum Gasteiger partial charge on any atom is 0.168 e. The number of carbonyl (C=O) groups is 1. The Kier molecular flexibility index (Phi) is 4.14. The van der Waals surface area contributed by atoms with Gasteiger partial charge in [0.15, 0.2) is 5.78 Å². The number of nitrogens with two attached hydrogens (primary N) is 1. The average Bonchev–Trinajstić information content (AvgIpc) is 2.54. The molecule has 2 aromatic rings. The summed E-state index contributed by atoms with van der Waals surface area (Å²) in [7, 11) is 0. The van der Waals surface area contributed by atoms with Crippen molar-refractivity contribution in [2.75, 3.05) is 0 Å². The second-order valence-electron chi connectivity index (χ2n) is 6.71. The number of carbonyl (C=O) groups excluding carboxylic acids is 1. The second-order valence-corrected chi connectivity index (χ2v) is 6.71. The molecule has 3 nitrogen and oxygen atoms in total. The summed E-state index contributed by atoms with van der Waals surface area (Å²) in [6.45, 7) is 4.72. The molecule has 0 aromatic heterocycles. The number of hydrogen-bond donors (Lipinski definition) is 1. The van der Waals surface area contributed by atoms with E-state index in [9.17, 15) is 4.79 Å². The minimum Gasteiger partial charge on any atom is -0.326 e. The van der Waals surface area contributed by atoms with Crippen LogP contribution in [0.1, 0.15) is 47.3 Å². The van der Waals surface area contributed by atoms with Crippen molar-refractivity contribution in [1.82, 2.24) is 0 Å². The molecule has 2 N–H and O–H groups in total. The van der Waals surface area contributed by atoms with Crippen molar-refractivity contribution in [3.63, 3.8) is 0 Å². The Hall–Kier alpha value is -2.26. The zero-order valence-corrected chi connectivity index (χ0v) is 13.7. The molecule has 0 saturated carbocycles. The fourth-order valence-corrected chi connectivity index (χ4v) is 3.12. The molecule has 0 saturated heterocycles. The van der Waals surface area contributed by atoms with E-state index in [1.807, 2.05) is 30.3 Å². The fraction of sp³-hybridized carbons (Fsp3) is 0.300. The maximum atomic E-state index is 12.6. The van der Waals surface area contributed by atoms with E-state index in [1.165, 1.54) is 5.56 Å². The molecule has 0 aliphatic carbocycles. The largest absolute Gasteiger partial charge is 0.326 e. The van der Waals surface area contributed by atoms with Gasteiger partial charge < -0.3 is 5.73 Å². The third-order valence-electron chi connectivity index (χ3n) is 4.21. The summed E-state index contributed by atoms with van der Waals surface area (Å²) < 4.78 is 0. The Morgan fingerprint density at radius 1 is 1.17 bits per heavy atom. The smallest absolute Gasteiger partial charge is 0.168 e. The molecule has 1 heterocycles. The van der Waals surface area contributed by atoms with Crippen LogP contribution in [0.15, 0.2) is 53.5 Å². The number of hydrogen-bond acceptors (Lipinski definition) is 3. The summed E-state index contributed by atoms with van der Waals surface area (Å²) in [6, 6.07) is 15.7. The SMILES string of the molecule is CC1(C)Cc2ccc(CN)cc2C(CC(=O)c2ccccc2)=N1. The summed E-state index contributed by atoms with van der Waals surface area (Å²) in [5.41, 5.74) is 10.6. The van der Waals surface area contributed by atoms with Crippen molar-refractivity contribution in [3.05, 3.63) is 70.8 Å². The van der Waals surface area contributed by atoms with E-state index >= 15 is 0 Å². The van der Waals surface area contributed by atoms with Crippen LogP contribution in [0.3, 0.4) is 0 Å². The molecular formula is C20H22N2O. The van der Waals surface area contributed by atoms with Crippen LogP contribution in [0.4, 0.5) is 0 Å². The Labute approximate surface area is 137 Å². The molecule has 2 aromatic carbocycles. The molecule has 0 bridgehead atoms. The van der Waals surface area contributed by atoms with Crippen LogP contribution >= 0.6 is 0 Å². The van der Waals surface area contributed by atoms with E-state index in [-0.39, 0.29) is 11.3 Å². The average molecular weight is 306 g/mol. The van der Waals surface area contributed by atoms with Crippen LogP contribution in [0.25, 0.3) is 0 Å². The van der Waals surface area contributed by atoms with Crippen molar-refractivity contribution in [1.29, 1.82) is 0 Å². The first-order valence-electron chi connectivity index (χ1n) is 7.98. The number of ketones is 1. The molecule has 1 aliphatic rings. The molecule has 0 unspecified atom stereocenters. The lowest BCUT2D eigenvalue weighted by molar-refractivity contribution is 0.100. The van der Waals surface area contributed by atoms with Crippen LogP contribution in [-0.4, -0.2) is 17.0 Å². The molecule has 23 heavy (non-hydrogen) atoms. The molecule has 3 heteroatoms. The summed E-state index contributed by atoms with van der Waals surface area (Å²) in [4.78, 5) is 17.4. The van der Waals surface area contributed by atoms with Crippen LogP contribution in [-0.2, 0) is 13.0 Å². The molecule has 3 rings (SSSR count). The van der Waals surface area contributed by atoms with Gasteiger partial charge >= 0.3 is 0 Å². The van der Waals surface area contributed by atoms with Crippen molar-refractivity contribution in [3.8, 4) is 0 Å². The van der Waals surface area contributed by atoms with Gasteiger partial charge in [0.1, 0.15) is 0 Å². The standard InChI is InChI=1S/C20H22N2O/c1-20(2)12-16-9-8-14(13-21)10-17(16)18(22-20)11-19(23)15-6-4-3-5-7-15/h3-10H,11-13,21H2,1-2H3. The number of rotatable bonds is 4. The Morgan fingerprint density at radius 3 is 2.61 bits per heavy atom. The van der Waals surface area contributed by atoms with Gasteiger partial charge in [-0.05, 0) is 43.0 Å². The number of aliphatic imine (C=N–C) groups is 1. The quantitative estimate of drug-likeness (QED) is 0.878. The highest BCUT2D eigenvalue weighted by Crippen LogP contribution is 2.29. The number of Topliss-reactive ketones (excluding diaryl/α,β-unsaturated/α-hetero) is 1. The first kappa shape index (κ1) is 15.6. The third-order valence-corrected chi connectivity index (χ3v) is 4.21. The van der Waals surface area contributed by atoms with E-state index in [0.717, 1.165) is 28.8 Å². The predicted molar refractivity (Wildman–Crippen MR) is 94.0 cm³/mol. The zero-order valence-electron chi connectivity index (χ0n) is 13.7. The topological polar surface area (TPSA) is 55.5 Å². The Balaban J connectivity index is 1.97. The van der Waals surface area contributed by atoms with Crippen molar-refractivity contribution in [2.24, 2.45) is 10.7 Å². The summed E-state index contributed by atoms with van der Waals surface area (Å²) in [5, 5.41) is 0. The van der Waals surface area contributed by atoms with E-state index in [0.29, 0.717) is 13.0 Å². The lowest BCUT2D eigenvalue weighted by Crippen LogP contribution is -2.30. The van der Waals surface area contributed by atoms with Crippen molar-refractivity contribution in [2.45, 2.75) is 38.8 Å². The highest BCUT2D eigenvalue weighted by molar-refractivity contribution is 6.16. The minimum atomic E-state index is -0.177. The van der Waals surface area contributed by atoms with E-state index < -0.39 is 0 Å². The zero-order chi connectivity index (χ0) is 16.4. The van der Waals surface area contributed by atoms with E-state index in [4.69, 9.17) is 10.7 Å². The second kappa shape index (κ2) is 6.09. The summed E-state index contributed by atoms with van der Waals surface area (Å²) in [5.74, 6) is 0.103. The highest BCUT2D eigenvalue weighted by atomic mass is 16.1. The van der Waals surface area contributed by atoms with Crippen molar-refractivity contribution >= 4 is 11.5 Å². The van der Waals surface area contributed by atoms with Crippen LogP contribution in [0.2, 0.25) is 0 Å². The van der Waals surface area contributed by atoms with Gasteiger partial charge in [-0.2, -0.15) is 0 Å². The number of fused-ring (bicyclic) bond motifs is 1. The van der Waals surface area contributed by atoms with Crippen LogP contribution in [0.5, 0.6) is 0 Å². The van der Waals surface area contributed by atoms with Gasteiger partial charge in [-0.15, -0.1) is 0 Å². The monoisotopic (exact) mass is 306 g/mol. The maximum absolute atomic E-state index is 12.6. The van der Waals surface area contributed by atoms with Gasteiger partial charge in [-0.1, -0.05) is 42.5 Å². The third kappa shape index (κ3) is 3.40. The summed E-state index contributed by atoms with van der Waals surface area (Å²) >= 11 is 0. The Morgan fingerprint density at radius 2 is 1.91 bits per heavy atom. The van der Waals surface area contributed by atoms with Gasteiger partial charge in [-0.25, -0.2) is 0 Å². The fourth-order valence-electron chi connectivity index (χ4n) is 3.12. The van der Waals surface area contributed by atoms with Crippen LogP contribution < -0.4 is 5.73 Å². The molecule has 0 radical (unpaired) electrons. The lowest BCUT2D eigenvalue weighted by Gasteiger charge is -2.29. The van der Waals surface area contributed by atoms with Crippen LogP contribution in [0, 0.1) is 0 Å². The molecule has 0 spiro atoms. The van der Waals surface area contributed by atoms with Gasteiger partial charge in [0.05, 0.1) is 17.7 Å². The van der Waals surface area contributed by atoms with Gasteiger partial charge in [0, 0.05) is 12.1 Å². The molecular weight excluding hydrogens is 284 g/mol. The van der Waals surface area contributed by atoms with Gasteiger partial charge in [0.25, 0.3) is 0 Å². The lowest BCUT2D eigenvalue weighted by atomic mass is 9.84. The highest BCUT2D eigenvalue weighted by Gasteiger charge is 2.27. The Bertz CT molecular complexity index is 760. The van der Waals surface area contributed by atoms with E-state index in [1.54, 1.807) is 0 Å². The van der Waals surface area contributed by atoms with Gasteiger partial charge in [-0.3, -0.25) is 9.79 Å². The molecule has 118 valence electrons. The van der Waals surface area contributed by atoms with Crippen molar-refractivity contribution < 1.29 is 4.79 Å². The molecule has 0 fully saturated rings. The molecule has 1 aliphatic heterocycles. The molecule has 0 amide bonds. The normalized spacial score (nSPS) is 15.7. The first-order chi connectivity index (χ1) is 11.0. The first-order valence-corrected chi connectivity index (χ1v) is 7.98. The number of benzene rings is 2. The predicted octanol–water partition coefficient (Wildman–Crippen LogP) is 3.54. The number of nitrogens with zero attached hydrogens (tertiary/aromatic N) is 1. The molecule has 0 atom stereocenters.